The molecule has 2 amide bonds. The number of rotatable bonds is 8. The Balaban J connectivity index is 0.000000559. The highest BCUT2D eigenvalue weighted by Gasteiger charge is 2.85. The Bertz CT molecular complexity index is 1760. The predicted molar refractivity (Wildman–Crippen MR) is 166 cm³/mol. The van der Waals surface area contributed by atoms with E-state index in [1.54, 1.807) is 6.92 Å². The van der Waals surface area contributed by atoms with E-state index in [1.807, 2.05) is 74.5 Å². The number of Topliss-reactive ketones (excluding diaryl/α,β-unsaturated/α-hetero) is 1. The second-order valence-electron chi connectivity index (χ2n) is 12.1. The number of nitrogens with two attached hydrogens (primary N) is 1. The number of unbranched alkanes of at least 4 members (excludes halogenated alkanes) is 1. The van der Waals surface area contributed by atoms with Gasteiger partial charge in [0.1, 0.15) is 4.32 Å². The van der Waals surface area contributed by atoms with Crippen molar-refractivity contribution < 1.29 is 41.9 Å². The summed E-state index contributed by atoms with van der Waals surface area (Å²) in [5.41, 5.74) is 7.18. The minimum Gasteiger partial charge on any atom is -0.475 e. The number of benzene rings is 2. The molecule has 0 spiro atoms. The molecule has 2 heterocycles. The minimum atomic E-state index is -5.08. The Morgan fingerprint density at radius 3 is 2.02 bits per heavy atom. The topological polar surface area (TPSA) is 157 Å². The van der Waals surface area contributed by atoms with E-state index < -0.39 is 39.3 Å². The molecular weight excluding hydrogens is 685 g/mol. The van der Waals surface area contributed by atoms with Gasteiger partial charge in [0.2, 0.25) is 23.6 Å². The number of carbonyl (C=O) groups is 4. The summed E-state index contributed by atoms with van der Waals surface area (Å²) in [6.45, 7) is 5.64. The smallest absolute Gasteiger partial charge is 0.475 e. The maximum absolute atomic E-state index is 14.4. The molecule has 1 saturated carbocycles. The molecule has 1 aromatic heterocycles. The van der Waals surface area contributed by atoms with Crippen molar-refractivity contribution >= 4 is 50.6 Å². The van der Waals surface area contributed by atoms with Gasteiger partial charge in [-0.3, -0.25) is 19.3 Å². The Labute approximate surface area is 276 Å². The number of carboxylic acid groups (broad SMARTS) is 1. The first-order valence-electron chi connectivity index (χ1n) is 14.8. The van der Waals surface area contributed by atoms with E-state index in [0.29, 0.717) is 31.0 Å². The largest absolute Gasteiger partial charge is 0.490 e. The molecule has 1 saturated heterocycles. The van der Waals surface area contributed by atoms with Crippen LogP contribution in [0.2, 0.25) is 0 Å². The molecule has 3 aliphatic rings. The highest BCUT2D eigenvalue weighted by atomic mass is 79.9. The second kappa shape index (κ2) is 12.1. The predicted octanol–water partition coefficient (Wildman–Crippen LogP) is 5.52. The number of imide groups is 1. The third kappa shape index (κ3) is 5.21. The fourth-order valence-electron chi connectivity index (χ4n) is 7.29. The molecule has 5 unspecified atom stereocenters. The highest BCUT2D eigenvalue weighted by Crippen LogP contribution is 2.77. The third-order valence-corrected chi connectivity index (χ3v) is 10.9. The van der Waals surface area contributed by atoms with Crippen molar-refractivity contribution in [2.75, 3.05) is 6.54 Å². The first-order valence-corrected chi connectivity index (χ1v) is 15.6. The molecule has 2 aromatic carbocycles. The van der Waals surface area contributed by atoms with Crippen LogP contribution in [-0.2, 0) is 19.2 Å². The first kappa shape index (κ1) is 34.2. The minimum absolute atomic E-state index is 0.0956. The fourth-order valence-corrected chi connectivity index (χ4v) is 8.54. The standard InChI is InChI=1S/C31H31BrN4O4.C2HF3O2/c1-18-34-35-25(40-18)21(33)16-10-11-17-36-26(37)24-29(2)22(19-12-6-4-7-13-19)23(20-14-8-5-9-15-20)30(3,27(29)38)31(24,32)28(36)39;3-2(4,5)1(6)7/h4-9,12-15,21,24H,10-11,16-17,33H2,1-3H3;(H,6,7). The number of aryl methyl sites for hydroxylation is 1. The van der Waals surface area contributed by atoms with Gasteiger partial charge in [-0.25, -0.2) is 4.79 Å². The number of amides is 2. The quantitative estimate of drug-likeness (QED) is 0.174. The molecule has 2 bridgehead atoms. The van der Waals surface area contributed by atoms with Crippen LogP contribution in [0.3, 0.4) is 0 Å². The maximum atomic E-state index is 14.4. The van der Waals surface area contributed by atoms with E-state index in [9.17, 15) is 27.6 Å². The van der Waals surface area contributed by atoms with Crippen LogP contribution in [0.15, 0.2) is 65.1 Å². The van der Waals surface area contributed by atoms with E-state index in [0.717, 1.165) is 22.3 Å². The van der Waals surface area contributed by atoms with Crippen molar-refractivity contribution in [1.82, 2.24) is 15.1 Å². The van der Waals surface area contributed by atoms with Gasteiger partial charge >= 0.3 is 12.1 Å². The van der Waals surface area contributed by atoms with E-state index in [-0.39, 0.29) is 24.1 Å². The molecule has 14 heteroatoms. The number of nitrogens with zero attached hydrogens (tertiary/aromatic N) is 3. The van der Waals surface area contributed by atoms with Crippen molar-refractivity contribution in [3.8, 4) is 0 Å². The number of hydrogen-bond donors (Lipinski definition) is 2. The summed E-state index contributed by atoms with van der Waals surface area (Å²) in [4.78, 5) is 53.0. The van der Waals surface area contributed by atoms with Crippen LogP contribution in [0.1, 0.15) is 62.1 Å². The van der Waals surface area contributed by atoms with Crippen molar-refractivity contribution in [3.63, 3.8) is 0 Å². The van der Waals surface area contributed by atoms with Crippen molar-refractivity contribution in [1.29, 1.82) is 0 Å². The number of alkyl halides is 4. The summed E-state index contributed by atoms with van der Waals surface area (Å²) in [6, 6.07) is 19.1. The number of ketones is 1. The van der Waals surface area contributed by atoms with E-state index in [2.05, 4.69) is 26.1 Å². The van der Waals surface area contributed by atoms with Crippen LogP contribution in [0, 0.1) is 23.7 Å². The van der Waals surface area contributed by atoms with Gasteiger partial charge in [-0.1, -0.05) is 76.6 Å². The lowest BCUT2D eigenvalue weighted by Gasteiger charge is -2.41. The Morgan fingerprint density at radius 1 is 1.00 bits per heavy atom. The fraction of sp³-hybridized carbons (Fsp3) is 0.394. The van der Waals surface area contributed by atoms with E-state index in [1.165, 1.54) is 4.90 Å². The molecular formula is C33H32BrF3N4O6. The van der Waals surface area contributed by atoms with Gasteiger partial charge in [0.05, 0.1) is 22.8 Å². The van der Waals surface area contributed by atoms with Gasteiger partial charge in [-0.05, 0) is 55.4 Å². The molecule has 0 radical (unpaired) electrons. The second-order valence-corrected chi connectivity index (χ2v) is 13.4. The molecule has 47 heavy (non-hydrogen) atoms. The Morgan fingerprint density at radius 2 is 1.53 bits per heavy atom. The molecule has 3 aromatic rings. The average Bonchev–Trinajstić information content (AvgIpc) is 3.65. The summed E-state index contributed by atoms with van der Waals surface area (Å²) >= 11 is 3.80. The number of allylic oxidation sites excluding steroid dienone is 2. The number of carboxylic acids is 1. The Hall–Kier alpha value is -4.17. The van der Waals surface area contributed by atoms with E-state index >= 15 is 0 Å². The lowest BCUT2D eigenvalue weighted by atomic mass is 9.63. The number of hydrogen-bond acceptors (Lipinski definition) is 8. The van der Waals surface area contributed by atoms with Gasteiger partial charge in [-0.2, -0.15) is 13.2 Å². The number of halogens is 4. The summed E-state index contributed by atoms with van der Waals surface area (Å²) in [7, 11) is 0. The molecule has 10 nitrogen and oxygen atoms in total. The summed E-state index contributed by atoms with van der Waals surface area (Å²) in [5, 5.41) is 14.9. The van der Waals surface area contributed by atoms with Gasteiger partial charge in [0, 0.05) is 13.5 Å². The van der Waals surface area contributed by atoms with Crippen LogP contribution in [0.5, 0.6) is 0 Å². The van der Waals surface area contributed by atoms with Crippen molar-refractivity contribution in [2.24, 2.45) is 22.5 Å². The van der Waals surface area contributed by atoms with Gasteiger partial charge in [0.15, 0.2) is 5.78 Å². The highest BCUT2D eigenvalue weighted by molar-refractivity contribution is 9.10. The zero-order valence-electron chi connectivity index (χ0n) is 25.7. The van der Waals surface area contributed by atoms with Crippen LogP contribution >= 0.6 is 15.9 Å². The molecule has 248 valence electrons. The van der Waals surface area contributed by atoms with Crippen LogP contribution in [0.4, 0.5) is 13.2 Å². The van der Waals surface area contributed by atoms with Crippen molar-refractivity contribution in [2.45, 2.75) is 56.6 Å². The molecule has 6 rings (SSSR count). The SMILES string of the molecule is Cc1nnc(C(N)CCCCN2C(=O)C3C4(C)C(=O)C(C)(C(c5ccccc5)=C4c4ccccc4)C3(Br)C2=O)o1.O=C(O)C(F)(F)F. The van der Waals surface area contributed by atoms with Crippen LogP contribution in [-0.4, -0.2) is 60.8 Å². The summed E-state index contributed by atoms with van der Waals surface area (Å²) in [5.74, 6) is -3.52. The number of carbonyl (C=O) groups excluding carboxylic acids is 3. The zero-order valence-corrected chi connectivity index (χ0v) is 27.3. The van der Waals surface area contributed by atoms with Crippen molar-refractivity contribution in [3.05, 3.63) is 83.6 Å². The molecule has 2 fully saturated rings. The number of aliphatic carboxylic acids is 1. The molecule has 1 aliphatic heterocycles. The number of likely N-dealkylation sites (tertiary alicyclic amines) is 1. The Kier molecular flexibility index (Phi) is 8.82. The normalized spacial score (nSPS) is 27.2. The molecule has 3 N–H and O–H groups in total. The lowest BCUT2D eigenvalue weighted by molar-refractivity contribution is -0.192. The molecule has 2 aliphatic carbocycles. The number of fused-ring (bicyclic) bond motifs is 5. The summed E-state index contributed by atoms with van der Waals surface area (Å²) < 4.78 is 35.8. The van der Waals surface area contributed by atoms with Crippen LogP contribution < -0.4 is 5.73 Å². The average molecular weight is 718 g/mol. The van der Waals surface area contributed by atoms with Crippen LogP contribution in [0.25, 0.3) is 11.1 Å². The monoisotopic (exact) mass is 716 g/mol. The van der Waals surface area contributed by atoms with Gasteiger partial charge < -0.3 is 15.3 Å². The molecule has 5 atom stereocenters. The summed E-state index contributed by atoms with van der Waals surface area (Å²) in [6.07, 6.45) is -3.28. The maximum Gasteiger partial charge on any atom is 0.490 e. The van der Waals surface area contributed by atoms with Gasteiger partial charge in [-0.15, -0.1) is 10.2 Å². The number of aromatic nitrogens is 2. The lowest BCUT2D eigenvalue weighted by Crippen LogP contribution is -2.50. The van der Waals surface area contributed by atoms with Gasteiger partial charge in [0.25, 0.3) is 0 Å². The zero-order chi connectivity index (χ0) is 34.5. The third-order valence-electron chi connectivity index (χ3n) is 9.34. The van der Waals surface area contributed by atoms with E-state index in [4.69, 9.17) is 20.1 Å². The first-order chi connectivity index (χ1) is 22.0.